The van der Waals surface area contributed by atoms with Crippen molar-refractivity contribution < 1.29 is 5.11 Å². The van der Waals surface area contributed by atoms with Crippen LogP contribution in [0.2, 0.25) is 0 Å². The minimum Gasteiger partial charge on any atom is -0.392 e. The predicted molar refractivity (Wildman–Crippen MR) is 74.4 cm³/mol. The highest BCUT2D eigenvalue weighted by molar-refractivity contribution is 4.99. The molecule has 104 valence electrons. The molecule has 4 heteroatoms. The summed E-state index contributed by atoms with van der Waals surface area (Å²) in [7, 11) is 0. The predicted octanol–water partition coefficient (Wildman–Crippen LogP) is 2.35. The van der Waals surface area contributed by atoms with Gasteiger partial charge in [0.1, 0.15) is 0 Å². The van der Waals surface area contributed by atoms with Crippen LogP contribution in [0.1, 0.15) is 52.8 Å². The van der Waals surface area contributed by atoms with Crippen molar-refractivity contribution in [2.75, 3.05) is 6.54 Å². The first kappa shape index (κ1) is 15.2. The fourth-order valence-corrected chi connectivity index (χ4v) is 1.91. The van der Waals surface area contributed by atoms with Gasteiger partial charge in [-0.15, -0.1) is 0 Å². The Balaban J connectivity index is 2.28. The Morgan fingerprint density at radius 2 is 2.06 bits per heavy atom. The van der Waals surface area contributed by atoms with Crippen LogP contribution in [0.4, 0.5) is 0 Å². The maximum Gasteiger partial charge on any atom is 0.0762 e. The smallest absolute Gasteiger partial charge is 0.0762 e. The molecule has 0 aromatic carbocycles. The van der Waals surface area contributed by atoms with E-state index in [1.165, 1.54) is 0 Å². The molecule has 1 atom stereocenters. The van der Waals surface area contributed by atoms with E-state index < -0.39 is 0 Å². The average Bonchev–Trinajstić information content (AvgIpc) is 2.63. The van der Waals surface area contributed by atoms with Gasteiger partial charge in [-0.2, -0.15) is 5.10 Å². The van der Waals surface area contributed by atoms with Crippen molar-refractivity contribution in [2.24, 2.45) is 5.41 Å². The molecule has 0 amide bonds. The number of hydrogen-bond donors (Lipinski definition) is 2. The molecule has 4 nitrogen and oxygen atoms in total. The molecular formula is C14H27N3O. The third kappa shape index (κ3) is 5.65. The molecule has 1 aromatic rings. The second-order valence-corrected chi connectivity index (χ2v) is 6.43. The summed E-state index contributed by atoms with van der Waals surface area (Å²) < 4.78 is 1.95. The summed E-state index contributed by atoms with van der Waals surface area (Å²) >= 11 is 0. The molecule has 0 fully saturated rings. The van der Waals surface area contributed by atoms with Gasteiger partial charge in [-0.1, -0.05) is 20.8 Å². The summed E-state index contributed by atoms with van der Waals surface area (Å²) in [6.45, 7) is 12.0. The van der Waals surface area contributed by atoms with E-state index in [-0.39, 0.29) is 11.5 Å². The summed E-state index contributed by atoms with van der Waals surface area (Å²) in [6.07, 6.45) is 2.51. The van der Waals surface area contributed by atoms with E-state index >= 15 is 0 Å². The Morgan fingerprint density at radius 1 is 1.39 bits per heavy atom. The number of aliphatic hydroxyl groups excluding tert-OH is 1. The summed E-state index contributed by atoms with van der Waals surface area (Å²) in [5.41, 5.74) is 1.19. The van der Waals surface area contributed by atoms with Crippen LogP contribution < -0.4 is 5.32 Å². The normalized spacial score (nSPS) is 14.2. The number of nitrogens with zero attached hydrogens (tertiary/aromatic N) is 2. The van der Waals surface area contributed by atoms with Crippen LogP contribution in [0.25, 0.3) is 0 Å². The number of aromatic nitrogens is 2. The van der Waals surface area contributed by atoms with E-state index in [4.69, 9.17) is 0 Å². The van der Waals surface area contributed by atoms with Gasteiger partial charge < -0.3 is 10.4 Å². The molecule has 1 rings (SSSR count). The second kappa shape index (κ2) is 6.34. The average molecular weight is 253 g/mol. The molecule has 2 N–H and O–H groups in total. The molecule has 0 radical (unpaired) electrons. The van der Waals surface area contributed by atoms with Crippen molar-refractivity contribution in [1.29, 1.82) is 0 Å². The quantitative estimate of drug-likeness (QED) is 0.818. The van der Waals surface area contributed by atoms with Crippen LogP contribution in [0.5, 0.6) is 0 Å². The fourth-order valence-electron chi connectivity index (χ4n) is 1.91. The van der Waals surface area contributed by atoms with Crippen molar-refractivity contribution in [3.63, 3.8) is 0 Å². The Labute approximate surface area is 110 Å². The first-order valence-electron chi connectivity index (χ1n) is 6.71. The summed E-state index contributed by atoms with van der Waals surface area (Å²) in [4.78, 5) is 0. The van der Waals surface area contributed by atoms with Crippen molar-refractivity contribution in [2.45, 2.75) is 59.7 Å². The molecule has 1 heterocycles. The zero-order valence-corrected chi connectivity index (χ0v) is 12.3. The van der Waals surface area contributed by atoms with E-state index in [1.54, 1.807) is 0 Å². The zero-order valence-electron chi connectivity index (χ0n) is 12.3. The maximum absolute atomic E-state index is 9.87. The van der Waals surface area contributed by atoms with Crippen LogP contribution in [0.3, 0.4) is 0 Å². The van der Waals surface area contributed by atoms with Gasteiger partial charge >= 0.3 is 0 Å². The van der Waals surface area contributed by atoms with Gasteiger partial charge in [0, 0.05) is 25.3 Å². The van der Waals surface area contributed by atoms with Gasteiger partial charge in [0.2, 0.25) is 0 Å². The highest BCUT2D eigenvalue weighted by Gasteiger charge is 2.16. The monoisotopic (exact) mass is 253 g/mol. The Morgan fingerprint density at radius 3 is 2.56 bits per heavy atom. The lowest BCUT2D eigenvalue weighted by Gasteiger charge is -2.22. The fraction of sp³-hybridized carbons (Fsp3) is 0.786. The van der Waals surface area contributed by atoms with E-state index in [1.807, 2.05) is 16.9 Å². The lowest BCUT2D eigenvalue weighted by atomic mass is 9.89. The van der Waals surface area contributed by atoms with Crippen LogP contribution in [-0.4, -0.2) is 27.5 Å². The number of nitrogens with one attached hydrogen (secondary N) is 1. The van der Waals surface area contributed by atoms with E-state index in [9.17, 15) is 5.11 Å². The molecular weight excluding hydrogens is 226 g/mol. The zero-order chi connectivity index (χ0) is 13.8. The third-order valence-electron chi connectivity index (χ3n) is 2.73. The van der Waals surface area contributed by atoms with Crippen LogP contribution in [0.15, 0.2) is 12.3 Å². The molecule has 0 bridgehead atoms. The lowest BCUT2D eigenvalue weighted by molar-refractivity contribution is 0.119. The SMILES string of the molecule is CC(C)n1ccc(CNCC(O)CC(C)(C)C)n1. The van der Waals surface area contributed by atoms with Crippen LogP contribution in [-0.2, 0) is 6.54 Å². The highest BCUT2D eigenvalue weighted by atomic mass is 16.3. The minimum absolute atomic E-state index is 0.167. The van der Waals surface area contributed by atoms with Gasteiger partial charge in [0.15, 0.2) is 0 Å². The molecule has 0 aliphatic carbocycles. The van der Waals surface area contributed by atoms with Crippen molar-refractivity contribution in [1.82, 2.24) is 15.1 Å². The lowest BCUT2D eigenvalue weighted by Crippen LogP contribution is -2.30. The molecule has 0 saturated heterocycles. The van der Waals surface area contributed by atoms with Gasteiger partial charge in [0.05, 0.1) is 11.8 Å². The third-order valence-corrected chi connectivity index (χ3v) is 2.73. The van der Waals surface area contributed by atoms with Gasteiger partial charge in [0.25, 0.3) is 0 Å². The summed E-state index contributed by atoms with van der Waals surface area (Å²) in [6, 6.07) is 2.41. The molecule has 0 saturated carbocycles. The number of aliphatic hydroxyl groups is 1. The molecule has 1 unspecified atom stereocenters. The molecule has 1 aromatic heterocycles. The minimum atomic E-state index is -0.294. The Bertz CT molecular complexity index is 352. The molecule has 0 spiro atoms. The molecule has 0 aliphatic rings. The highest BCUT2D eigenvalue weighted by Crippen LogP contribution is 2.20. The second-order valence-electron chi connectivity index (χ2n) is 6.43. The van der Waals surface area contributed by atoms with Crippen LogP contribution >= 0.6 is 0 Å². The summed E-state index contributed by atoms with van der Waals surface area (Å²) in [5, 5.41) is 17.6. The van der Waals surface area contributed by atoms with E-state index in [0.29, 0.717) is 19.1 Å². The molecule has 0 aliphatic heterocycles. The van der Waals surface area contributed by atoms with Gasteiger partial charge in [-0.3, -0.25) is 4.68 Å². The van der Waals surface area contributed by atoms with Crippen molar-refractivity contribution >= 4 is 0 Å². The molecule has 18 heavy (non-hydrogen) atoms. The number of rotatable bonds is 6. The van der Waals surface area contributed by atoms with Crippen LogP contribution in [0, 0.1) is 5.41 Å². The largest absolute Gasteiger partial charge is 0.392 e. The van der Waals surface area contributed by atoms with E-state index in [0.717, 1.165) is 12.1 Å². The maximum atomic E-state index is 9.87. The topological polar surface area (TPSA) is 50.1 Å². The summed E-state index contributed by atoms with van der Waals surface area (Å²) in [5.74, 6) is 0. The number of hydrogen-bond acceptors (Lipinski definition) is 3. The standard InChI is InChI=1S/C14H27N3O/c1-11(2)17-7-6-12(16-17)9-15-10-13(18)8-14(3,4)5/h6-7,11,13,15,18H,8-10H2,1-5H3. The first-order valence-corrected chi connectivity index (χ1v) is 6.71. The van der Waals surface area contributed by atoms with Crippen molar-refractivity contribution in [3.05, 3.63) is 18.0 Å². The first-order chi connectivity index (χ1) is 8.28. The van der Waals surface area contributed by atoms with Crippen molar-refractivity contribution in [3.8, 4) is 0 Å². The van der Waals surface area contributed by atoms with Gasteiger partial charge in [-0.25, -0.2) is 0 Å². The Kier molecular flexibility index (Phi) is 5.35. The van der Waals surface area contributed by atoms with Gasteiger partial charge in [-0.05, 0) is 31.7 Å². The Hall–Kier alpha value is -0.870. The van der Waals surface area contributed by atoms with E-state index in [2.05, 4.69) is 45.0 Å².